The Morgan fingerprint density at radius 2 is 2.30 bits per heavy atom. The number of thiophene rings is 1. The molecule has 0 aliphatic rings. The minimum atomic E-state index is -1.09. The molecule has 7 heteroatoms. The first-order chi connectivity index (χ1) is 9.43. The Hall–Kier alpha value is -2.33. The number of carboxylic acids is 1. The van der Waals surface area contributed by atoms with E-state index in [0.29, 0.717) is 4.88 Å². The van der Waals surface area contributed by atoms with Crippen molar-refractivity contribution in [3.63, 3.8) is 0 Å². The van der Waals surface area contributed by atoms with E-state index in [9.17, 15) is 9.59 Å². The molecule has 0 bridgehead atoms. The number of hydrogen-bond donors (Lipinski definition) is 1. The van der Waals surface area contributed by atoms with Gasteiger partial charge in [-0.05, 0) is 13.0 Å². The van der Waals surface area contributed by atoms with Gasteiger partial charge in [0.2, 0.25) is 0 Å². The summed E-state index contributed by atoms with van der Waals surface area (Å²) in [5.74, 6) is 0.843. The summed E-state index contributed by atoms with van der Waals surface area (Å²) in [7, 11) is 1.80. The Kier molecular flexibility index (Phi) is 3.77. The van der Waals surface area contributed by atoms with Crippen LogP contribution in [-0.2, 0) is 11.8 Å². The fourth-order valence-corrected chi connectivity index (χ4v) is 3.03. The molecule has 0 spiro atoms. The summed E-state index contributed by atoms with van der Waals surface area (Å²) in [6.07, 6.45) is 5.18. The number of aliphatic carboxylic acids is 1. The van der Waals surface area contributed by atoms with Gasteiger partial charge in [-0.25, -0.2) is 0 Å². The number of carbonyl (C=O) groups is 2. The number of amides is 1. The molecule has 0 fully saturated rings. The molecule has 1 N–H and O–H groups in total. The summed E-state index contributed by atoms with van der Waals surface area (Å²) in [4.78, 5) is 25.6. The first kappa shape index (κ1) is 14.1. The van der Waals surface area contributed by atoms with E-state index in [2.05, 4.69) is 11.0 Å². The summed E-state index contributed by atoms with van der Waals surface area (Å²) in [5.41, 5.74) is 0.833. The minimum absolute atomic E-state index is 0.0311. The van der Waals surface area contributed by atoms with Crippen molar-refractivity contribution in [2.75, 3.05) is 13.1 Å². The standard InChI is InChI=1S/C13H13N3O3S/c1-4-5-16(7-11(17)18)12(19)10-6-9-8(2)14-15(3)13(9)20-10/h1,6H,5,7H2,2-3H3,(H,17,18). The maximum atomic E-state index is 12.3. The van der Waals surface area contributed by atoms with Gasteiger partial charge < -0.3 is 10.0 Å². The summed E-state index contributed by atoms with van der Waals surface area (Å²) in [6, 6.07) is 1.73. The highest BCUT2D eigenvalue weighted by molar-refractivity contribution is 7.20. The Bertz CT molecular complexity index is 689. The van der Waals surface area contributed by atoms with Crippen LogP contribution < -0.4 is 0 Å². The van der Waals surface area contributed by atoms with Gasteiger partial charge in [-0.1, -0.05) is 5.92 Å². The van der Waals surface area contributed by atoms with Gasteiger partial charge >= 0.3 is 5.97 Å². The van der Waals surface area contributed by atoms with Gasteiger partial charge in [0, 0.05) is 12.4 Å². The zero-order valence-corrected chi connectivity index (χ0v) is 11.9. The minimum Gasteiger partial charge on any atom is -0.480 e. The molecule has 2 rings (SSSR count). The topological polar surface area (TPSA) is 75.4 Å². The van der Waals surface area contributed by atoms with Crippen molar-refractivity contribution < 1.29 is 14.7 Å². The first-order valence-corrected chi connectivity index (χ1v) is 6.63. The molecule has 0 aromatic carbocycles. The van der Waals surface area contributed by atoms with E-state index in [1.54, 1.807) is 17.8 Å². The predicted molar refractivity (Wildman–Crippen MR) is 75.7 cm³/mol. The number of hydrogen-bond acceptors (Lipinski definition) is 4. The Balaban J connectivity index is 2.36. The van der Waals surface area contributed by atoms with Crippen molar-refractivity contribution in [3.8, 4) is 12.3 Å². The molecule has 2 aromatic rings. The maximum Gasteiger partial charge on any atom is 0.323 e. The number of fused-ring (bicyclic) bond motifs is 1. The summed E-state index contributed by atoms with van der Waals surface area (Å²) < 4.78 is 1.70. The van der Waals surface area contributed by atoms with Crippen LogP contribution in [0.15, 0.2) is 6.07 Å². The van der Waals surface area contributed by atoms with E-state index < -0.39 is 12.5 Å². The average Bonchev–Trinajstić information content (AvgIpc) is 2.90. The lowest BCUT2D eigenvalue weighted by atomic mass is 10.3. The Morgan fingerprint density at radius 1 is 1.60 bits per heavy atom. The normalized spacial score (nSPS) is 10.4. The molecule has 0 aliphatic heterocycles. The number of aromatic nitrogens is 2. The second-order valence-electron chi connectivity index (χ2n) is 4.30. The summed E-state index contributed by atoms with van der Waals surface area (Å²) in [5, 5.41) is 14.0. The van der Waals surface area contributed by atoms with E-state index >= 15 is 0 Å². The second kappa shape index (κ2) is 5.35. The highest BCUT2D eigenvalue weighted by Crippen LogP contribution is 2.28. The molecule has 0 saturated heterocycles. The lowest BCUT2D eigenvalue weighted by Crippen LogP contribution is -2.35. The van der Waals surface area contributed by atoms with Crippen LogP contribution in [0.3, 0.4) is 0 Å². The van der Waals surface area contributed by atoms with Gasteiger partial charge in [0.05, 0.1) is 17.1 Å². The average molecular weight is 291 g/mol. The predicted octanol–water partition coefficient (Wildman–Crippen LogP) is 1.10. The van der Waals surface area contributed by atoms with Crippen molar-refractivity contribution in [2.45, 2.75) is 6.92 Å². The Morgan fingerprint density at radius 3 is 2.85 bits per heavy atom. The van der Waals surface area contributed by atoms with Crippen LogP contribution in [0.4, 0.5) is 0 Å². The maximum absolute atomic E-state index is 12.3. The van der Waals surface area contributed by atoms with Crippen LogP contribution in [-0.4, -0.2) is 44.8 Å². The number of carbonyl (C=O) groups excluding carboxylic acids is 1. The van der Waals surface area contributed by atoms with E-state index in [-0.39, 0.29) is 12.5 Å². The summed E-state index contributed by atoms with van der Waals surface area (Å²) in [6.45, 7) is 1.42. The number of terminal acetylenes is 1. The molecule has 20 heavy (non-hydrogen) atoms. The van der Waals surface area contributed by atoms with Gasteiger partial charge in [-0.3, -0.25) is 14.3 Å². The third kappa shape index (κ3) is 2.51. The zero-order chi connectivity index (χ0) is 14.9. The molecule has 0 unspecified atom stereocenters. The summed E-state index contributed by atoms with van der Waals surface area (Å²) >= 11 is 1.28. The third-order valence-electron chi connectivity index (χ3n) is 2.80. The van der Waals surface area contributed by atoms with Crippen molar-refractivity contribution >= 4 is 33.4 Å². The molecule has 0 radical (unpaired) electrons. The molecular formula is C13H13N3O3S. The fraction of sp³-hybridized carbons (Fsp3) is 0.308. The molecular weight excluding hydrogens is 278 g/mol. The molecule has 0 saturated carbocycles. The van der Waals surface area contributed by atoms with Gasteiger partial charge in [-0.15, -0.1) is 17.8 Å². The van der Waals surface area contributed by atoms with Crippen molar-refractivity contribution in [2.24, 2.45) is 7.05 Å². The molecule has 0 atom stereocenters. The number of rotatable bonds is 4. The number of carboxylic acid groups (broad SMARTS) is 1. The highest BCUT2D eigenvalue weighted by atomic mass is 32.1. The van der Waals surface area contributed by atoms with E-state index in [1.807, 2.05) is 6.92 Å². The SMILES string of the molecule is C#CCN(CC(=O)O)C(=O)c1cc2c(C)nn(C)c2s1. The van der Waals surface area contributed by atoms with Crippen LogP contribution in [0, 0.1) is 19.3 Å². The van der Waals surface area contributed by atoms with Crippen LogP contribution in [0.25, 0.3) is 10.2 Å². The van der Waals surface area contributed by atoms with Gasteiger partial charge in [0.1, 0.15) is 11.4 Å². The quantitative estimate of drug-likeness (QED) is 0.856. The number of nitrogens with zero attached hydrogens (tertiary/aromatic N) is 3. The van der Waals surface area contributed by atoms with Crippen LogP contribution in [0.2, 0.25) is 0 Å². The molecule has 6 nitrogen and oxygen atoms in total. The third-order valence-corrected chi connectivity index (χ3v) is 3.99. The Labute approximate surface area is 119 Å². The van der Waals surface area contributed by atoms with Gasteiger partial charge in [0.15, 0.2) is 0 Å². The van der Waals surface area contributed by atoms with Crippen molar-refractivity contribution in [1.29, 1.82) is 0 Å². The first-order valence-electron chi connectivity index (χ1n) is 5.81. The lowest BCUT2D eigenvalue weighted by molar-refractivity contribution is -0.137. The molecule has 0 aliphatic carbocycles. The zero-order valence-electron chi connectivity index (χ0n) is 11.1. The molecule has 104 valence electrons. The van der Waals surface area contributed by atoms with Crippen molar-refractivity contribution in [1.82, 2.24) is 14.7 Å². The van der Waals surface area contributed by atoms with Gasteiger partial charge in [0.25, 0.3) is 5.91 Å². The van der Waals surface area contributed by atoms with E-state index in [0.717, 1.165) is 20.8 Å². The molecule has 2 heterocycles. The largest absolute Gasteiger partial charge is 0.480 e. The smallest absolute Gasteiger partial charge is 0.323 e. The second-order valence-corrected chi connectivity index (χ2v) is 5.33. The van der Waals surface area contributed by atoms with Gasteiger partial charge in [-0.2, -0.15) is 5.10 Å². The van der Waals surface area contributed by atoms with Crippen LogP contribution in [0.5, 0.6) is 0 Å². The van der Waals surface area contributed by atoms with Crippen LogP contribution >= 0.6 is 11.3 Å². The molecule has 1 amide bonds. The number of aryl methyl sites for hydroxylation is 2. The van der Waals surface area contributed by atoms with Crippen molar-refractivity contribution in [3.05, 3.63) is 16.6 Å². The monoisotopic (exact) mass is 291 g/mol. The highest BCUT2D eigenvalue weighted by Gasteiger charge is 2.21. The molecule has 2 aromatic heterocycles. The van der Waals surface area contributed by atoms with Crippen LogP contribution in [0.1, 0.15) is 15.4 Å². The van der Waals surface area contributed by atoms with E-state index in [1.165, 1.54) is 11.3 Å². The van der Waals surface area contributed by atoms with E-state index in [4.69, 9.17) is 11.5 Å². The fourth-order valence-electron chi connectivity index (χ4n) is 1.94. The lowest BCUT2D eigenvalue weighted by Gasteiger charge is -2.16.